The number of piperidine rings is 1. The van der Waals surface area contributed by atoms with E-state index >= 15 is 0 Å². The molecule has 2 aliphatic rings. The van der Waals surface area contributed by atoms with Gasteiger partial charge in [-0.2, -0.15) is 0 Å². The summed E-state index contributed by atoms with van der Waals surface area (Å²) in [6, 6.07) is 19.2. The number of H-pyrrole nitrogens is 2. The average molecular weight is 943 g/mol. The number of aromatic nitrogens is 6. The Kier molecular flexibility index (Phi) is 12.5. The second-order valence-corrected chi connectivity index (χ2v) is 18.0. The molecule has 0 radical (unpaired) electrons. The lowest BCUT2D eigenvalue weighted by Gasteiger charge is -2.42. The largest absolute Gasteiger partial charge is 0.465 e. The van der Waals surface area contributed by atoms with Gasteiger partial charge in [0.2, 0.25) is 0 Å². The molecule has 3 aromatic carbocycles. The van der Waals surface area contributed by atoms with E-state index < -0.39 is 11.9 Å². The van der Waals surface area contributed by atoms with Gasteiger partial charge < -0.3 is 30.1 Å². The SMILES string of the molecule is COC(=O)c1c(Cl)[nH]c2ncc(Sc3cccc(Cl)c3Cl)nc12.COC(=O)c1c(N2CCC3(CC2)Cc2ccccc2[C@H]3N)[nH]c2ncc(Sc3cccc(Cl)c3Cl)nc12. The molecule has 1 atom stereocenters. The highest BCUT2D eigenvalue weighted by molar-refractivity contribution is 7.99. The number of anilines is 1. The lowest BCUT2D eigenvalue weighted by molar-refractivity contribution is 0.0594. The van der Waals surface area contributed by atoms with Crippen LogP contribution in [0.4, 0.5) is 5.82 Å². The van der Waals surface area contributed by atoms with Gasteiger partial charge in [-0.15, -0.1) is 0 Å². The number of halogens is 5. The van der Waals surface area contributed by atoms with Crippen LogP contribution in [-0.4, -0.2) is 69.2 Å². The molecule has 1 aliphatic carbocycles. The Labute approximate surface area is 377 Å². The molecule has 4 N–H and O–H groups in total. The first kappa shape index (κ1) is 42.4. The number of methoxy groups -OCH3 is 2. The van der Waals surface area contributed by atoms with Crippen LogP contribution in [0, 0.1) is 5.41 Å². The number of nitrogens with two attached hydrogens (primary N) is 1. The summed E-state index contributed by atoms with van der Waals surface area (Å²) in [6.07, 6.45) is 6.05. The Hall–Kier alpha value is -4.25. The number of fused-ring (bicyclic) bond motifs is 3. The quantitative estimate of drug-likeness (QED) is 0.130. The van der Waals surface area contributed by atoms with Crippen molar-refractivity contribution in [3.05, 3.63) is 121 Å². The highest BCUT2D eigenvalue weighted by Gasteiger charge is 2.46. The highest BCUT2D eigenvalue weighted by atomic mass is 35.5. The average Bonchev–Trinajstić information content (AvgIpc) is 3.89. The maximum absolute atomic E-state index is 13.0. The summed E-state index contributed by atoms with van der Waals surface area (Å²) in [5, 5.41) is 3.07. The molecule has 1 spiro atoms. The molecule has 4 aromatic heterocycles. The molecule has 9 rings (SSSR count). The third kappa shape index (κ3) is 8.12. The highest BCUT2D eigenvalue weighted by Crippen LogP contribution is 2.51. The molecular weight excluding hydrogens is 910 g/mol. The number of esters is 2. The Bertz CT molecular complexity index is 2800. The van der Waals surface area contributed by atoms with Crippen LogP contribution >= 0.6 is 81.5 Å². The van der Waals surface area contributed by atoms with E-state index in [1.54, 1.807) is 30.6 Å². The summed E-state index contributed by atoms with van der Waals surface area (Å²) < 4.78 is 9.88. The fourth-order valence-corrected chi connectivity index (χ4v) is 10.4. The molecule has 0 unspecified atom stereocenters. The number of hydrogen-bond acceptors (Lipinski definition) is 12. The fourth-order valence-electron chi connectivity index (χ4n) is 7.59. The number of hydrogen-bond donors (Lipinski definition) is 3. The number of ether oxygens (including phenoxy) is 2. The van der Waals surface area contributed by atoms with Gasteiger partial charge in [-0.3, -0.25) is 0 Å². The molecule has 60 heavy (non-hydrogen) atoms. The van der Waals surface area contributed by atoms with Gasteiger partial charge in [-0.25, -0.2) is 29.5 Å². The van der Waals surface area contributed by atoms with Gasteiger partial charge in [-0.1, -0.05) is 118 Å². The van der Waals surface area contributed by atoms with Crippen molar-refractivity contribution in [2.45, 2.75) is 45.1 Å². The van der Waals surface area contributed by atoms with E-state index in [0.717, 1.165) is 42.1 Å². The van der Waals surface area contributed by atoms with Crippen molar-refractivity contribution < 1.29 is 19.1 Å². The summed E-state index contributed by atoms with van der Waals surface area (Å²) in [4.78, 5) is 52.6. The maximum Gasteiger partial charge on any atom is 0.343 e. The van der Waals surface area contributed by atoms with Crippen molar-refractivity contribution in [1.82, 2.24) is 29.9 Å². The summed E-state index contributed by atoms with van der Waals surface area (Å²) in [5.41, 5.74) is 11.7. The Morgan fingerprint density at radius 1 is 0.750 bits per heavy atom. The lowest BCUT2D eigenvalue weighted by atomic mass is 9.73. The monoisotopic (exact) mass is 940 g/mol. The molecule has 0 saturated carbocycles. The maximum atomic E-state index is 13.0. The topological polar surface area (TPSA) is 165 Å². The minimum Gasteiger partial charge on any atom is -0.465 e. The minimum atomic E-state index is -0.585. The van der Waals surface area contributed by atoms with Crippen LogP contribution in [0.25, 0.3) is 22.3 Å². The van der Waals surface area contributed by atoms with Crippen molar-refractivity contribution >= 4 is 122 Å². The number of benzene rings is 3. The van der Waals surface area contributed by atoms with Crippen molar-refractivity contribution in [2.24, 2.45) is 11.1 Å². The van der Waals surface area contributed by atoms with Crippen LogP contribution in [-0.2, 0) is 15.9 Å². The number of rotatable bonds is 7. The number of carbonyl (C=O) groups is 2. The smallest absolute Gasteiger partial charge is 0.343 e. The molecule has 0 amide bonds. The van der Waals surface area contributed by atoms with E-state index in [9.17, 15) is 9.59 Å². The second-order valence-electron chi connectivity index (χ2n) is 14.0. The Morgan fingerprint density at radius 2 is 1.28 bits per heavy atom. The van der Waals surface area contributed by atoms with Crippen LogP contribution in [0.3, 0.4) is 0 Å². The van der Waals surface area contributed by atoms with Crippen molar-refractivity contribution in [2.75, 3.05) is 32.2 Å². The molecule has 12 nitrogen and oxygen atoms in total. The van der Waals surface area contributed by atoms with Gasteiger partial charge >= 0.3 is 11.9 Å². The second kappa shape index (κ2) is 17.6. The molecule has 7 aromatic rings. The van der Waals surface area contributed by atoms with Gasteiger partial charge in [0.05, 0.1) is 46.7 Å². The number of carbonyl (C=O) groups excluding carboxylic acids is 2. The van der Waals surface area contributed by atoms with Gasteiger partial charge in [-0.05, 0) is 60.1 Å². The van der Waals surface area contributed by atoms with Crippen molar-refractivity contribution in [3.8, 4) is 0 Å². The molecule has 1 saturated heterocycles. The van der Waals surface area contributed by atoms with Crippen LogP contribution in [0.15, 0.2) is 92.9 Å². The first-order chi connectivity index (χ1) is 28.9. The third-order valence-electron chi connectivity index (χ3n) is 10.6. The summed E-state index contributed by atoms with van der Waals surface area (Å²) in [7, 11) is 2.65. The zero-order valence-corrected chi connectivity index (χ0v) is 37.1. The van der Waals surface area contributed by atoms with E-state index in [1.807, 2.05) is 18.2 Å². The van der Waals surface area contributed by atoms with Gasteiger partial charge in [0, 0.05) is 28.9 Å². The van der Waals surface area contributed by atoms with Crippen LogP contribution < -0.4 is 10.6 Å². The number of nitrogens with zero attached hydrogens (tertiary/aromatic N) is 5. The van der Waals surface area contributed by atoms with Gasteiger partial charge in [0.1, 0.15) is 43.2 Å². The van der Waals surface area contributed by atoms with Crippen LogP contribution in [0.5, 0.6) is 0 Å². The van der Waals surface area contributed by atoms with E-state index in [2.05, 4.69) is 54.1 Å². The van der Waals surface area contributed by atoms with E-state index in [4.69, 9.17) is 78.2 Å². The van der Waals surface area contributed by atoms with Crippen molar-refractivity contribution in [1.29, 1.82) is 0 Å². The summed E-state index contributed by atoms with van der Waals surface area (Å²) in [5.74, 6) is -0.356. The third-order valence-corrected chi connectivity index (χ3v) is 14.7. The molecule has 1 aliphatic heterocycles. The predicted octanol–water partition coefficient (Wildman–Crippen LogP) is 10.9. The minimum absolute atomic E-state index is 0.0230. The summed E-state index contributed by atoms with van der Waals surface area (Å²) in [6.45, 7) is 1.52. The molecule has 19 heteroatoms. The van der Waals surface area contributed by atoms with E-state index in [1.165, 1.54) is 48.9 Å². The van der Waals surface area contributed by atoms with Crippen molar-refractivity contribution in [3.63, 3.8) is 0 Å². The lowest BCUT2D eigenvalue weighted by Crippen LogP contribution is -2.44. The van der Waals surface area contributed by atoms with Gasteiger partial charge in [0.15, 0.2) is 11.3 Å². The normalized spacial score (nSPS) is 15.5. The zero-order valence-electron chi connectivity index (χ0n) is 31.7. The first-order valence-corrected chi connectivity index (χ1v) is 21.8. The molecule has 308 valence electrons. The van der Waals surface area contributed by atoms with Crippen LogP contribution in [0.2, 0.25) is 25.2 Å². The fraction of sp³-hybridized carbons (Fsp3) is 0.220. The molecular formula is C41H33Cl5N8O4S2. The Morgan fingerprint density at radius 3 is 1.85 bits per heavy atom. The number of nitrogens with one attached hydrogen (secondary N) is 2. The summed E-state index contributed by atoms with van der Waals surface area (Å²) >= 11 is 33.3. The standard InChI is InChI=1S/C27H25Cl2N5O2S.C14H8Cl3N3O2S/c1-36-26(35)20-22-24(31-14-19(32-22)37-18-8-4-7-17(28)21(18)29)33-25(20)34-11-9-27(10-12-34)13-15-5-2-3-6-16(15)23(27)30;1-22-14(21)9-11-13(20-12(9)17)18-5-8(19-11)23-7-4-2-3-6(15)10(7)16/h2-8,14,23H,9-13,30H2,1H3,(H,31,33);2-5H,1H3,(H,18,20)/t23-;/m1./s1. The molecule has 1 fully saturated rings. The van der Waals surface area contributed by atoms with E-state index in [-0.39, 0.29) is 22.2 Å². The van der Waals surface area contributed by atoms with E-state index in [0.29, 0.717) is 63.9 Å². The van der Waals surface area contributed by atoms with Crippen LogP contribution in [0.1, 0.15) is 50.7 Å². The first-order valence-electron chi connectivity index (χ1n) is 18.3. The number of aromatic amines is 2. The molecule has 5 heterocycles. The Balaban J connectivity index is 0.000000186. The van der Waals surface area contributed by atoms with Gasteiger partial charge in [0.25, 0.3) is 0 Å². The zero-order chi connectivity index (χ0) is 42.3. The molecule has 0 bridgehead atoms. The predicted molar refractivity (Wildman–Crippen MR) is 238 cm³/mol.